The van der Waals surface area contributed by atoms with Crippen molar-refractivity contribution in [3.8, 4) is 0 Å². The van der Waals surface area contributed by atoms with Gasteiger partial charge in [0.2, 0.25) is 17.7 Å². The van der Waals surface area contributed by atoms with Crippen LogP contribution in [0.4, 0.5) is 5.69 Å². The maximum Gasteiger partial charge on any atom is 0.243 e. The number of hydrogen-bond acceptors (Lipinski definition) is 3. The van der Waals surface area contributed by atoms with Gasteiger partial charge in [-0.25, -0.2) is 0 Å². The summed E-state index contributed by atoms with van der Waals surface area (Å²) in [6.07, 6.45) is 2.85. The van der Waals surface area contributed by atoms with E-state index in [-0.39, 0.29) is 17.7 Å². The molecule has 1 aromatic carbocycles. The number of fused-ring (bicyclic) bond motifs is 1. The average Bonchev–Trinajstić information content (AvgIpc) is 3.14. The lowest BCUT2D eigenvalue weighted by Crippen LogP contribution is -2.47. The van der Waals surface area contributed by atoms with Crippen LogP contribution < -0.4 is 10.2 Å². The van der Waals surface area contributed by atoms with Crippen LogP contribution in [0.5, 0.6) is 0 Å². The fourth-order valence-electron chi connectivity index (χ4n) is 3.52. The van der Waals surface area contributed by atoms with Crippen LogP contribution in [0.15, 0.2) is 24.3 Å². The van der Waals surface area contributed by atoms with Crippen molar-refractivity contribution in [2.24, 2.45) is 0 Å². The van der Waals surface area contributed by atoms with Gasteiger partial charge in [0.05, 0.1) is 0 Å². The van der Waals surface area contributed by atoms with E-state index in [0.29, 0.717) is 25.9 Å². The van der Waals surface area contributed by atoms with Crippen molar-refractivity contribution >= 4 is 23.4 Å². The molecule has 0 bridgehead atoms. The second-order valence-electron chi connectivity index (χ2n) is 6.37. The molecule has 2 aliphatic rings. The van der Waals surface area contributed by atoms with Gasteiger partial charge in [0.15, 0.2) is 0 Å². The first-order valence-corrected chi connectivity index (χ1v) is 8.51. The molecule has 1 unspecified atom stereocenters. The lowest BCUT2D eigenvalue weighted by Gasteiger charge is -2.23. The first-order valence-electron chi connectivity index (χ1n) is 8.51. The minimum absolute atomic E-state index is 0.122. The zero-order chi connectivity index (χ0) is 17.1. The number of amides is 3. The Bertz CT molecular complexity index is 659. The summed E-state index contributed by atoms with van der Waals surface area (Å²) in [6, 6.07) is 7.15. The molecule has 2 heterocycles. The first kappa shape index (κ1) is 16.5. The van der Waals surface area contributed by atoms with E-state index in [4.69, 9.17) is 0 Å². The van der Waals surface area contributed by atoms with Gasteiger partial charge in [-0.05, 0) is 24.5 Å². The Labute approximate surface area is 141 Å². The summed E-state index contributed by atoms with van der Waals surface area (Å²) in [4.78, 5) is 39.4. The normalized spacial score (nSPS) is 19.5. The van der Waals surface area contributed by atoms with Gasteiger partial charge in [0.25, 0.3) is 0 Å². The Hall–Kier alpha value is -2.37. The number of benzene rings is 1. The van der Waals surface area contributed by atoms with E-state index in [1.54, 1.807) is 4.90 Å². The maximum atomic E-state index is 12.5. The van der Waals surface area contributed by atoms with E-state index in [1.165, 1.54) is 6.92 Å². The summed E-state index contributed by atoms with van der Waals surface area (Å²) in [5.74, 6) is -0.0489. The highest BCUT2D eigenvalue weighted by molar-refractivity contribution is 6.02. The zero-order valence-corrected chi connectivity index (χ0v) is 14.0. The molecule has 0 saturated carbocycles. The van der Waals surface area contributed by atoms with Crippen LogP contribution in [-0.2, 0) is 20.8 Å². The van der Waals surface area contributed by atoms with E-state index in [9.17, 15) is 14.4 Å². The number of likely N-dealkylation sites (tertiary alicyclic amines) is 1. The molecule has 2 aliphatic heterocycles. The van der Waals surface area contributed by atoms with Crippen molar-refractivity contribution in [2.75, 3.05) is 24.5 Å². The van der Waals surface area contributed by atoms with Gasteiger partial charge < -0.3 is 10.2 Å². The largest absolute Gasteiger partial charge is 0.354 e. The van der Waals surface area contributed by atoms with Gasteiger partial charge in [0.1, 0.15) is 6.04 Å². The van der Waals surface area contributed by atoms with Crippen LogP contribution in [0.1, 0.15) is 31.7 Å². The molecule has 3 rings (SSSR count). The van der Waals surface area contributed by atoms with Crippen molar-refractivity contribution in [3.05, 3.63) is 29.8 Å². The Morgan fingerprint density at radius 3 is 2.79 bits per heavy atom. The molecular weight excluding hydrogens is 306 g/mol. The monoisotopic (exact) mass is 329 g/mol. The molecule has 1 fully saturated rings. The van der Waals surface area contributed by atoms with E-state index in [1.807, 2.05) is 29.2 Å². The van der Waals surface area contributed by atoms with Crippen molar-refractivity contribution < 1.29 is 14.4 Å². The average molecular weight is 329 g/mol. The second kappa shape index (κ2) is 7.03. The number of nitrogens with one attached hydrogen (secondary N) is 1. The van der Waals surface area contributed by atoms with Gasteiger partial charge in [-0.1, -0.05) is 18.2 Å². The van der Waals surface area contributed by atoms with Crippen LogP contribution in [-0.4, -0.2) is 48.3 Å². The standard InChI is InChI=1S/C18H23N3O3/c1-13(22)21-15-7-3-2-6-14(15)12-16(21)18(24)19-9-5-11-20-10-4-8-17(20)23/h2-3,6-7,16H,4-5,8-12H2,1H3,(H,19,24). The Balaban J connectivity index is 1.53. The summed E-state index contributed by atoms with van der Waals surface area (Å²) in [6.45, 7) is 3.51. The van der Waals surface area contributed by atoms with E-state index < -0.39 is 6.04 Å². The first-order chi connectivity index (χ1) is 11.6. The summed E-state index contributed by atoms with van der Waals surface area (Å²) in [5, 5.41) is 2.91. The number of nitrogens with zero attached hydrogens (tertiary/aromatic N) is 2. The SMILES string of the molecule is CC(=O)N1c2ccccc2CC1C(=O)NCCCN1CCCC1=O. The molecular formula is C18H23N3O3. The Morgan fingerprint density at radius 2 is 2.08 bits per heavy atom. The third kappa shape index (κ3) is 3.27. The highest BCUT2D eigenvalue weighted by Crippen LogP contribution is 2.32. The molecule has 24 heavy (non-hydrogen) atoms. The van der Waals surface area contributed by atoms with Crippen molar-refractivity contribution in [1.82, 2.24) is 10.2 Å². The highest BCUT2D eigenvalue weighted by Gasteiger charge is 2.36. The van der Waals surface area contributed by atoms with Gasteiger partial charge >= 0.3 is 0 Å². The fourth-order valence-corrected chi connectivity index (χ4v) is 3.52. The molecule has 3 amide bonds. The summed E-state index contributed by atoms with van der Waals surface area (Å²) < 4.78 is 0. The van der Waals surface area contributed by atoms with Gasteiger partial charge in [-0.2, -0.15) is 0 Å². The number of anilines is 1. The third-order valence-corrected chi connectivity index (χ3v) is 4.69. The highest BCUT2D eigenvalue weighted by atomic mass is 16.2. The maximum absolute atomic E-state index is 12.5. The number of carbonyl (C=O) groups excluding carboxylic acids is 3. The summed E-state index contributed by atoms with van der Waals surface area (Å²) >= 11 is 0. The topological polar surface area (TPSA) is 69.7 Å². The van der Waals surface area contributed by atoms with Gasteiger partial charge in [0, 0.05) is 45.1 Å². The molecule has 1 atom stereocenters. The van der Waals surface area contributed by atoms with Crippen LogP contribution in [0.3, 0.4) is 0 Å². The molecule has 128 valence electrons. The molecule has 1 saturated heterocycles. The molecule has 0 radical (unpaired) electrons. The number of hydrogen-bond donors (Lipinski definition) is 1. The fraction of sp³-hybridized carbons (Fsp3) is 0.500. The van der Waals surface area contributed by atoms with Crippen molar-refractivity contribution in [3.63, 3.8) is 0 Å². The van der Waals surface area contributed by atoms with E-state index >= 15 is 0 Å². The lowest BCUT2D eigenvalue weighted by molar-refractivity contribution is -0.127. The van der Waals surface area contributed by atoms with Crippen LogP contribution in [0, 0.1) is 0 Å². The van der Waals surface area contributed by atoms with Gasteiger partial charge in [-0.15, -0.1) is 0 Å². The number of carbonyl (C=O) groups is 3. The summed E-state index contributed by atoms with van der Waals surface area (Å²) in [5.41, 5.74) is 1.85. The Kier molecular flexibility index (Phi) is 4.83. The predicted octanol–water partition coefficient (Wildman–Crippen LogP) is 1.09. The quantitative estimate of drug-likeness (QED) is 0.822. The summed E-state index contributed by atoms with van der Waals surface area (Å²) in [7, 11) is 0. The molecule has 0 aliphatic carbocycles. The predicted molar refractivity (Wildman–Crippen MR) is 90.5 cm³/mol. The van der Waals surface area contributed by atoms with E-state index in [0.717, 1.165) is 30.6 Å². The van der Waals surface area contributed by atoms with Crippen molar-refractivity contribution in [2.45, 2.75) is 38.6 Å². The zero-order valence-electron chi connectivity index (χ0n) is 14.0. The van der Waals surface area contributed by atoms with Crippen molar-refractivity contribution in [1.29, 1.82) is 0 Å². The molecule has 6 heteroatoms. The molecule has 1 aromatic rings. The molecule has 0 spiro atoms. The number of rotatable bonds is 5. The minimum atomic E-state index is -0.478. The molecule has 6 nitrogen and oxygen atoms in total. The Morgan fingerprint density at radius 1 is 1.29 bits per heavy atom. The van der Waals surface area contributed by atoms with E-state index in [2.05, 4.69) is 5.32 Å². The molecule has 1 N–H and O–H groups in total. The third-order valence-electron chi connectivity index (χ3n) is 4.69. The lowest BCUT2D eigenvalue weighted by atomic mass is 10.1. The molecule has 0 aromatic heterocycles. The minimum Gasteiger partial charge on any atom is -0.354 e. The van der Waals surface area contributed by atoms with Crippen LogP contribution in [0.25, 0.3) is 0 Å². The van der Waals surface area contributed by atoms with Gasteiger partial charge in [-0.3, -0.25) is 19.3 Å². The number of para-hydroxylation sites is 1. The smallest absolute Gasteiger partial charge is 0.243 e. The second-order valence-corrected chi connectivity index (χ2v) is 6.37. The van der Waals surface area contributed by atoms with Crippen LogP contribution >= 0.6 is 0 Å². The van der Waals surface area contributed by atoms with Crippen LogP contribution in [0.2, 0.25) is 0 Å².